The lowest BCUT2D eigenvalue weighted by Gasteiger charge is -2.24. The highest BCUT2D eigenvalue weighted by Crippen LogP contribution is 2.42. The summed E-state index contributed by atoms with van der Waals surface area (Å²) >= 11 is 5.98. The summed E-state index contributed by atoms with van der Waals surface area (Å²) in [4.78, 5) is 10.6. The molecule has 0 radical (unpaired) electrons. The summed E-state index contributed by atoms with van der Waals surface area (Å²) < 4.78 is 0. The molecule has 0 aliphatic heterocycles. The molecule has 0 amide bonds. The quantitative estimate of drug-likeness (QED) is 0.595. The van der Waals surface area contributed by atoms with Crippen molar-refractivity contribution in [2.24, 2.45) is 5.92 Å². The summed E-state index contributed by atoms with van der Waals surface area (Å²) in [6.45, 7) is 2.05. The minimum absolute atomic E-state index is 0.0381. The second-order valence-corrected chi connectivity index (χ2v) is 6.54. The lowest BCUT2D eigenvalue weighted by atomic mass is 9.99. The highest BCUT2D eigenvalue weighted by molar-refractivity contribution is 6.30. The van der Waals surface area contributed by atoms with Crippen molar-refractivity contribution in [2.45, 2.75) is 31.8 Å². The van der Waals surface area contributed by atoms with Crippen LogP contribution in [-0.4, -0.2) is 4.92 Å². The molecule has 0 saturated heterocycles. The SMILES string of the molecule is CC(NC(c1ccc(Cl)cc1)C1CC1)c1cccc([N+](=O)[O-])c1. The van der Waals surface area contributed by atoms with Gasteiger partial charge in [0.2, 0.25) is 0 Å². The van der Waals surface area contributed by atoms with Gasteiger partial charge in [-0.2, -0.15) is 0 Å². The van der Waals surface area contributed by atoms with Gasteiger partial charge in [0.25, 0.3) is 5.69 Å². The average molecular weight is 331 g/mol. The molecule has 1 N–H and O–H groups in total. The first-order chi connectivity index (χ1) is 11.0. The second-order valence-electron chi connectivity index (χ2n) is 6.11. The molecule has 5 heteroatoms. The van der Waals surface area contributed by atoms with Gasteiger partial charge >= 0.3 is 0 Å². The number of hydrogen-bond donors (Lipinski definition) is 1. The number of halogens is 1. The van der Waals surface area contributed by atoms with Gasteiger partial charge in [-0.1, -0.05) is 35.9 Å². The maximum atomic E-state index is 10.9. The zero-order chi connectivity index (χ0) is 16.4. The zero-order valence-electron chi connectivity index (χ0n) is 12.9. The zero-order valence-corrected chi connectivity index (χ0v) is 13.7. The Morgan fingerprint density at radius 3 is 2.48 bits per heavy atom. The molecule has 2 aromatic rings. The molecule has 1 aliphatic rings. The largest absolute Gasteiger partial charge is 0.303 e. The minimum Gasteiger partial charge on any atom is -0.303 e. The standard InChI is InChI=1S/C18H19ClN2O2/c1-12(15-3-2-4-17(11-15)21(22)23)20-18(13-5-6-13)14-7-9-16(19)10-8-14/h2-4,7-13,18,20H,5-6H2,1H3. The van der Waals surface area contributed by atoms with E-state index in [1.54, 1.807) is 12.1 Å². The fourth-order valence-corrected chi connectivity index (χ4v) is 3.00. The van der Waals surface area contributed by atoms with Gasteiger partial charge in [0, 0.05) is 29.2 Å². The van der Waals surface area contributed by atoms with Gasteiger partial charge in [0.05, 0.1) is 4.92 Å². The molecular weight excluding hydrogens is 312 g/mol. The van der Waals surface area contributed by atoms with Crippen LogP contribution in [0.3, 0.4) is 0 Å². The Labute approximate surface area is 140 Å². The van der Waals surface area contributed by atoms with E-state index >= 15 is 0 Å². The van der Waals surface area contributed by atoms with Crippen LogP contribution in [0.1, 0.15) is 43.0 Å². The maximum absolute atomic E-state index is 10.9. The van der Waals surface area contributed by atoms with Gasteiger partial charge in [-0.15, -0.1) is 0 Å². The van der Waals surface area contributed by atoms with Gasteiger partial charge in [-0.25, -0.2) is 0 Å². The third-order valence-electron chi connectivity index (χ3n) is 4.33. The minimum atomic E-state index is -0.353. The number of nitro benzene ring substituents is 1. The lowest BCUT2D eigenvalue weighted by Crippen LogP contribution is -2.26. The lowest BCUT2D eigenvalue weighted by molar-refractivity contribution is -0.384. The molecule has 0 bridgehead atoms. The Balaban J connectivity index is 1.79. The summed E-state index contributed by atoms with van der Waals surface area (Å²) in [7, 11) is 0. The first-order valence-electron chi connectivity index (χ1n) is 7.80. The molecule has 2 atom stereocenters. The fourth-order valence-electron chi connectivity index (χ4n) is 2.88. The number of rotatable bonds is 6. The topological polar surface area (TPSA) is 55.2 Å². The second kappa shape index (κ2) is 6.69. The van der Waals surface area contributed by atoms with E-state index in [0.29, 0.717) is 5.92 Å². The van der Waals surface area contributed by atoms with E-state index in [2.05, 4.69) is 17.4 Å². The maximum Gasteiger partial charge on any atom is 0.269 e. The van der Waals surface area contributed by atoms with Crippen LogP contribution in [0.15, 0.2) is 48.5 Å². The molecule has 0 heterocycles. The number of nitrogens with one attached hydrogen (secondary N) is 1. The van der Waals surface area contributed by atoms with Crippen molar-refractivity contribution in [1.29, 1.82) is 0 Å². The Kier molecular flexibility index (Phi) is 4.64. The predicted octanol–water partition coefficient (Wildman–Crippen LogP) is 5.05. The Bertz CT molecular complexity index is 698. The molecule has 1 aliphatic carbocycles. The van der Waals surface area contributed by atoms with Crippen LogP contribution in [0.4, 0.5) is 5.69 Å². The fraction of sp³-hybridized carbons (Fsp3) is 0.333. The van der Waals surface area contributed by atoms with Crippen LogP contribution in [0.5, 0.6) is 0 Å². The Morgan fingerprint density at radius 2 is 1.87 bits per heavy atom. The van der Waals surface area contributed by atoms with Crippen LogP contribution >= 0.6 is 11.6 Å². The number of non-ortho nitro benzene ring substituents is 1. The first-order valence-corrected chi connectivity index (χ1v) is 8.18. The predicted molar refractivity (Wildman–Crippen MR) is 91.6 cm³/mol. The molecule has 23 heavy (non-hydrogen) atoms. The summed E-state index contributed by atoms with van der Waals surface area (Å²) in [5.74, 6) is 0.623. The molecule has 1 saturated carbocycles. The molecule has 0 aromatic heterocycles. The van der Waals surface area contributed by atoms with Gasteiger partial charge in [0.15, 0.2) is 0 Å². The average Bonchev–Trinajstić information content (AvgIpc) is 3.38. The van der Waals surface area contributed by atoms with Crippen LogP contribution < -0.4 is 5.32 Å². The van der Waals surface area contributed by atoms with Gasteiger partial charge in [-0.05, 0) is 48.9 Å². The molecule has 120 valence electrons. The van der Waals surface area contributed by atoms with Gasteiger partial charge < -0.3 is 5.32 Å². The number of nitro groups is 1. The van der Waals surface area contributed by atoms with E-state index in [4.69, 9.17) is 11.6 Å². The van der Waals surface area contributed by atoms with Crippen molar-refractivity contribution in [3.05, 3.63) is 74.8 Å². The molecular formula is C18H19ClN2O2. The van der Waals surface area contributed by atoms with Crippen molar-refractivity contribution < 1.29 is 4.92 Å². The third kappa shape index (κ3) is 3.89. The van der Waals surface area contributed by atoms with Crippen molar-refractivity contribution in [3.8, 4) is 0 Å². The van der Waals surface area contributed by atoms with Crippen molar-refractivity contribution in [2.75, 3.05) is 0 Å². The Morgan fingerprint density at radius 1 is 1.17 bits per heavy atom. The summed E-state index contributed by atoms with van der Waals surface area (Å²) in [5.41, 5.74) is 2.28. The molecule has 1 fully saturated rings. The monoisotopic (exact) mass is 330 g/mol. The van der Waals surface area contributed by atoms with E-state index in [1.807, 2.05) is 25.1 Å². The highest BCUT2D eigenvalue weighted by atomic mass is 35.5. The van der Waals surface area contributed by atoms with Crippen LogP contribution in [0.25, 0.3) is 0 Å². The normalized spacial score (nSPS) is 16.8. The van der Waals surface area contributed by atoms with E-state index in [-0.39, 0.29) is 22.7 Å². The summed E-state index contributed by atoms with van der Waals surface area (Å²) in [6.07, 6.45) is 2.42. The first kappa shape index (κ1) is 16.0. The van der Waals surface area contributed by atoms with E-state index in [1.165, 1.54) is 24.5 Å². The van der Waals surface area contributed by atoms with Crippen molar-refractivity contribution in [3.63, 3.8) is 0 Å². The number of nitrogens with zero attached hydrogens (tertiary/aromatic N) is 1. The van der Waals surface area contributed by atoms with E-state index in [0.717, 1.165) is 10.6 Å². The smallest absolute Gasteiger partial charge is 0.269 e. The van der Waals surface area contributed by atoms with E-state index in [9.17, 15) is 10.1 Å². The third-order valence-corrected chi connectivity index (χ3v) is 4.59. The van der Waals surface area contributed by atoms with Gasteiger partial charge in [0.1, 0.15) is 0 Å². The summed E-state index contributed by atoms with van der Waals surface area (Å²) in [6, 6.07) is 15.0. The molecule has 4 nitrogen and oxygen atoms in total. The van der Waals surface area contributed by atoms with Crippen LogP contribution in [0, 0.1) is 16.0 Å². The number of benzene rings is 2. The molecule has 0 spiro atoms. The van der Waals surface area contributed by atoms with Crippen LogP contribution in [0.2, 0.25) is 5.02 Å². The van der Waals surface area contributed by atoms with E-state index < -0.39 is 0 Å². The van der Waals surface area contributed by atoms with Crippen LogP contribution in [-0.2, 0) is 0 Å². The van der Waals surface area contributed by atoms with Crippen molar-refractivity contribution >= 4 is 17.3 Å². The Hall–Kier alpha value is -1.91. The molecule has 2 aromatic carbocycles. The van der Waals surface area contributed by atoms with Gasteiger partial charge in [-0.3, -0.25) is 10.1 Å². The highest BCUT2D eigenvalue weighted by Gasteiger charge is 2.33. The summed E-state index contributed by atoms with van der Waals surface area (Å²) in [5, 5.41) is 15.3. The molecule has 2 unspecified atom stereocenters. The number of hydrogen-bond acceptors (Lipinski definition) is 3. The molecule has 3 rings (SSSR count). The van der Waals surface area contributed by atoms with Crippen molar-refractivity contribution in [1.82, 2.24) is 5.32 Å².